The molecule has 0 amide bonds. The zero-order valence-electron chi connectivity index (χ0n) is 18.7. The van der Waals surface area contributed by atoms with Crippen molar-refractivity contribution < 1.29 is 25.2 Å². The van der Waals surface area contributed by atoms with E-state index in [9.17, 15) is 20.4 Å². The average Bonchev–Trinajstić information content (AvgIpc) is 3.15. The molecule has 176 valence electrons. The Labute approximate surface area is 197 Å². The first-order valence-electron chi connectivity index (χ1n) is 11.1. The van der Waals surface area contributed by atoms with Crippen molar-refractivity contribution in [3.05, 3.63) is 77.0 Å². The van der Waals surface area contributed by atoms with Crippen molar-refractivity contribution in [3.63, 3.8) is 0 Å². The molecule has 0 spiro atoms. The van der Waals surface area contributed by atoms with E-state index in [1.165, 1.54) is 5.56 Å². The predicted molar refractivity (Wildman–Crippen MR) is 128 cm³/mol. The molecule has 3 aromatic rings. The number of hydrogen-bond acceptors (Lipinski definition) is 7. The van der Waals surface area contributed by atoms with Crippen LogP contribution in [-0.4, -0.2) is 65.8 Å². The van der Waals surface area contributed by atoms with Crippen molar-refractivity contribution in [3.8, 4) is 11.6 Å². The molecular weight excluding hydrogens is 440 g/mol. The first-order chi connectivity index (χ1) is 15.9. The highest BCUT2D eigenvalue weighted by atomic mass is 32.2. The molecule has 1 aromatic heterocycles. The summed E-state index contributed by atoms with van der Waals surface area (Å²) < 4.78 is 7.95. The third kappa shape index (κ3) is 4.95. The smallest absolute Gasteiger partial charge is 0.238 e. The molecule has 1 aliphatic rings. The molecule has 0 bridgehead atoms. The van der Waals surface area contributed by atoms with Crippen molar-refractivity contribution in [2.24, 2.45) is 0 Å². The maximum absolute atomic E-state index is 10.5. The van der Waals surface area contributed by atoms with Gasteiger partial charge >= 0.3 is 0 Å². The second-order valence-corrected chi connectivity index (χ2v) is 9.62. The lowest BCUT2D eigenvalue weighted by Gasteiger charge is -2.38. The van der Waals surface area contributed by atoms with Gasteiger partial charge in [-0.05, 0) is 36.6 Å². The fourth-order valence-corrected chi connectivity index (χ4v) is 5.22. The van der Waals surface area contributed by atoms with Crippen LogP contribution in [0.15, 0.2) is 54.6 Å². The van der Waals surface area contributed by atoms with Gasteiger partial charge in [-0.3, -0.25) is 0 Å². The molecule has 0 radical (unpaired) electrons. The largest absolute Gasteiger partial charge is 0.459 e. The van der Waals surface area contributed by atoms with E-state index in [1.54, 1.807) is 4.68 Å². The molecule has 0 saturated carbocycles. The number of thioether (sulfide) groups is 1. The van der Waals surface area contributed by atoms with Crippen molar-refractivity contribution in [1.29, 1.82) is 0 Å². The summed E-state index contributed by atoms with van der Waals surface area (Å²) in [6.07, 6.45) is -2.44. The molecule has 1 saturated heterocycles. The molecule has 1 fully saturated rings. The Morgan fingerprint density at radius 3 is 2.24 bits per heavy atom. The zero-order chi connectivity index (χ0) is 23.5. The molecule has 4 rings (SSSR count). The normalized spacial score (nSPS) is 25.2. The predicted octanol–water partition coefficient (Wildman–Crippen LogP) is 2.23. The van der Waals surface area contributed by atoms with Gasteiger partial charge in [0.05, 0.1) is 23.6 Å². The van der Waals surface area contributed by atoms with Crippen LogP contribution < -0.4 is 4.74 Å². The number of rotatable bonds is 7. The van der Waals surface area contributed by atoms with Crippen molar-refractivity contribution in [2.45, 2.75) is 55.7 Å². The molecule has 7 nitrogen and oxygen atoms in total. The third-order valence-electron chi connectivity index (χ3n) is 6.09. The number of aliphatic hydroxyl groups excluding tert-OH is 4. The highest BCUT2D eigenvalue weighted by molar-refractivity contribution is 8.00. The second kappa shape index (κ2) is 10.3. The van der Waals surface area contributed by atoms with Gasteiger partial charge in [0.2, 0.25) is 5.88 Å². The van der Waals surface area contributed by atoms with E-state index in [2.05, 4.69) is 31.2 Å². The summed E-state index contributed by atoms with van der Waals surface area (Å²) in [4.78, 5) is 0. The summed E-state index contributed by atoms with van der Waals surface area (Å²) in [6.45, 7) is 3.75. The number of benzene rings is 2. The van der Waals surface area contributed by atoms with Gasteiger partial charge in [0.25, 0.3) is 0 Å². The van der Waals surface area contributed by atoms with Gasteiger partial charge in [-0.1, -0.05) is 49.4 Å². The first kappa shape index (κ1) is 23.8. The Hall–Kier alpha value is -2.36. The van der Waals surface area contributed by atoms with E-state index in [0.717, 1.165) is 40.7 Å². The van der Waals surface area contributed by atoms with Gasteiger partial charge in [-0.25, -0.2) is 4.68 Å². The first-order valence-corrected chi connectivity index (χ1v) is 12.1. The van der Waals surface area contributed by atoms with Crippen LogP contribution in [0.3, 0.4) is 0 Å². The molecule has 33 heavy (non-hydrogen) atoms. The number of para-hydroxylation sites is 1. The Morgan fingerprint density at radius 2 is 1.61 bits per heavy atom. The molecule has 4 N–H and O–H groups in total. The average molecular weight is 471 g/mol. The van der Waals surface area contributed by atoms with E-state index < -0.39 is 29.0 Å². The summed E-state index contributed by atoms with van der Waals surface area (Å²) in [5, 5.41) is 44.5. The number of ether oxygens (including phenoxy) is 1. The van der Waals surface area contributed by atoms with Crippen LogP contribution in [0.4, 0.5) is 0 Å². The number of nitrogens with zero attached hydrogens (tertiary/aromatic N) is 2. The van der Waals surface area contributed by atoms with E-state index in [1.807, 2.05) is 37.3 Å². The van der Waals surface area contributed by atoms with Gasteiger partial charge in [-0.15, -0.1) is 16.9 Å². The standard InChI is InChI=1S/C25H30N2O5S/c1-3-16-9-11-17(12-10-16)13-19-15(2)27(18-7-5-4-6-8-18)26-24(19)32-25-23(31)22(30)21(29)20(14-28)33-25/h4-12,20-23,25,28-31H,3,13-14H2,1-2H3/t20-,21?,22?,23?,25?/m1/s1. The molecule has 2 heterocycles. The molecule has 8 heteroatoms. The number of aliphatic hydroxyl groups is 4. The molecule has 0 aliphatic carbocycles. The molecule has 4 unspecified atom stereocenters. The summed E-state index contributed by atoms with van der Waals surface area (Å²) in [6, 6.07) is 18.1. The Bertz CT molecular complexity index is 1050. The number of hydrogen-bond donors (Lipinski definition) is 4. The van der Waals surface area contributed by atoms with Crippen LogP contribution in [-0.2, 0) is 12.8 Å². The van der Waals surface area contributed by atoms with Gasteiger partial charge in [0.1, 0.15) is 12.2 Å². The fourth-order valence-electron chi connectivity index (χ4n) is 4.00. The minimum Gasteiger partial charge on any atom is -0.459 e. The van der Waals surface area contributed by atoms with Gasteiger partial charge in [0.15, 0.2) is 5.44 Å². The quantitative estimate of drug-likeness (QED) is 0.419. The van der Waals surface area contributed by atoms with E-state index in [4.69, 9.17) is 9.84 Å². The SMILES string of the molecule is CCc1ccc(Cc2c(OC3S[C@H](CO)C(O)C(O)C3O)nn(-c3ccccc3)c2C)cc1. The summed E-state index contributed by atoms with van der Waals surface area (Å²) in [5.41, 5.74) is 4.14. The van der Waals surface area contributed by atoms with E-state index in [-0.39, 0.29) is 6.61 Å². The van der Waals surface area contributed by atoms with Crippen LogP contribution in [0, 0.1) is 6.92 Å². The summed E-state index contributed by atoms with van der Waals surface area (Å²) >= 11 is 1.10. The zero-order valence-corrected chi connectivity index (χ0v) is 19.5. The Morgan fingerprint density at radius 1 is 0.939 bits per heavy atom. The molecular formula is C25H30N2O5S. The topological polar surface area (TPSA) is 108 Å². The summed E-state index contributed by atoms with van der Waals surface area (Å²) in [5.74, 6) is 0.354. The lowest BCUT2D eigenvalue weighted by molar-refractivity contribution is -0.0915. The minimum absolute atomic E-state index is 0.344. The van der Waals surface area contributed by atoms with Crippen LogP contribution in [0.1, 0.15) is 29.3 Å². The van der Waals surface area contributed by atoms with Gasteiger partial charge in [-0.2, -0.15) is 0 Å². The van der Waals surface area contributed by atoms with Crippen molar-refractivity contribution >= 4 is 11.8 Å². The molecule has 2 aromatic carbocycles. The van der Waals surface area contributed by atoms with Crippen LogP contribution >= 0.6 is 11.8 Å². The molecule has 5 atom stereocenters. The number of aromatic nitrogens is 2. The van der Waals surface area contributed by atoms with E-state index in [0.29, 0.717) is 12.3 Å². The van der Waals surface area contributed by atoms with E-state index >= 15 is 0 Å². The Kier molecular flexibility index (Phi) is 7.41. The molecule has 1 aliphatic heterocycles. The van der Waals surface area contributed by atoms with Gasteiger partial charge < -0.3 is 25.2 Å². The third-order valence-corrected chi connectivity index (χ3v) is 7.51. The second-order valence-electron chi connectivity index (χ2n) is 8.28. The highest BCUT2D eigenvalue weighted by Crippen LogP contribution is 2.36. The van der Waals surface area contributed by atoms with Gasteiger partial charge in [0, 0.05) is 17.7 Å². The minimum atomic E-state index is -1.42. The maximum atomic E-state index is 10.5. The number of aryl methyl sites for hydroxylation is 1. The Balaban J connectivity index is 1.69. The van der Waals surface area contributed by atoms with Crippen LogP contribution in [0.2, 0.25) is 0 Å². The lowest BCUT2D eigenvalue weighted by Crippen LogP contribution is -2.55. The van der Waals surface area contributed by atoms with Crippen molar-refractivity contribution in [2.75, 3.05) is 6.61 Å². The summed E-state index contributed by atoms with van der Waals surface area (Å²) in [7, 11) is 0. The fraction of sp³-hybridized carbons (Fsp3) is 0.400. The lowest BCUT2D eigenvalue weighted by atomic mass is 10.0. The van der Waals surface area contributed by atoms with Crippen LogP contribution in [0.5, 0.6) is 5.88 Å². The monoisotopic (exact) mass is 470 g/mol. The van der Waals surface area contributed by atoms with Crippen molar-refractivity contribution in [1.82, 2.24) is 9.78 Å². The highest BCUT2D eigenvalue weighted by Gasteiger charge is 2.45. The maximum Gasteiger partial charge on any atom is 0.238 e. The van der Waals surface area contributed by atoms with Crippen LogP contribution in [0.25, 0.3) is 5.69 Å².